The van der Waals surface area contributed by atoms with E-state index in [1.165, 1.54) is 16.4 Å². The molecule has 3 aromatic rings. The molecule has 2 amide bonds. The molecule has 1 heterocycles. The quantitative estimate of drug-likeness (QED) is 0.561. The molecule has 0 atom stereocenters. The van der Waals surface area contributed by atoms with Crippen LogP contribution in [-0.4, -0.2) is 43.8 Å². The second kappa shape index (κ2) is 8.62. The molecule has 0 saturated heterocycles. The zero-order chi connectivity index (χ0) is 20.2. The highest BCUT2D eigenvalue weighted by Gasteiger charge is 2.25. The van der Waals surface area contributed by atoms with Gasteiger partial charge in [-0.05, 0) is 53.6 Å². The molecule has 1 aliphatic carbocycles. The lowest BCUT2D eigenvalue weighted by Gasteiger charge is -2.11. The average Bonchev–Trinajstić information content (AvgIpc) is 3.40. The number of aromatic nitrogens is 4. The van der Waals surface area contributed by atoms with E-state index in [1.807, 2.05) is 6.07 Å². The van der Waals surface area contributed by atoms with Crippen molar-refractivity contribution in [2.75, 3.05) is 11.1 Å². The highest BCUT2D eigenvalue weighted by Crippen LogP contribution is 2.23. The van der Waals surface area contributed by atoms with Gasteiger partial charge in [0.25, 0.3) is 5.91 Å². The fourth-order valence-electron chi connectivity index (χ4n) is 2.64. The maximum absolute atomic E-state index is 12.5. The second-order valence-electron chi connectivity index (χ2n) is 6.48. The van der Waals surface area contributed by atoms with Gasteiger partial charge >= 0.3 is 0 Å². The van der Waals surface area contributed by atoms with Crippen LogP contribution in [0.2, 0.25) is 5.02 Å². The third-order valence-electron chi connectivity index (χ3n) is 4.18. The molecular weight excluding hydrogens is 412 g/mol. The van der Waals surface area contributed by atoms with E-state index in [4.69, 9.17) is 11.6 Å². The first-order valence-electron chi connectivity index (χ1n) is 8.97. The highest BCUT2D eigenvalue weighted by molar-refractivity contribution is 7.99. The summed E-state index contributed by atoms with van der Waals surface area (Å²) in [5.41, 5.74) is 1.62. The number of tetrazole rings is 1. The Morgan fingerprint density at radius 3 is 2.79 bits per heavy atom. The molecule has 0 unspecified atom stereocenters. The van der Waals surface area contributed by atoms with Gasteiger partial charge in [-0.2, -0.15) is 4.68 Å². The molecule has 1 fully saturated rings. The summed E-state index contributed by atoms with van der Waals surface area (Å²) in [6, 6.07) is 14.3. The first-order chi connectivity index (χ1) is 14.1. The standard InChI is InChI=1S/C19H17ClN6O2S/c20-12-4-3-5-14(10-12)26-19(23-24-25-26)29-11-17(27)22-16-7-2-1-6-15(16)18(28)21-13-8-9-13/h1-7,10,13H,8-9,11H2,(H,21,28)(H,22,27). The first-order valence-corrected chi connectivity index (χ1v) is 10.3. The van der Waals surface area contributed by atoms with Crippen LogP contribution in [0.5, 0.6) is 0 Å². The van der Waals surface area contributed by atoms with Gasteiger partial charge in [-0.3, -0.25) is 9.59 Å². The van der Waals surface area contributed by atoms with E-state index < -0.39 is 0 Å². The van der Waals surface area contributed by atoms with E-state index in [1.54, 1.807) is 42.5 Å². The third-order valence-corrected chi connectivity index (χ3v) is 5.34. The number of carbonyl (C=O) groups excluding carboxylic acids is 2. The van der Waals surface area contributed by atoms with Crippen molar-refractivity contribution in [3.63, 3.8) is 0 Å². The van der Waals surface area contributed by atoms with Gasteiger partial charge in [0, 0.05) is 11.1 Å². The number of nitrogens with one attached hydrogen (secondary N) is 2. The lowest BCUT2D eigenvalue weighted by Crippen LogP contribution is -2.27. The summed E-state index contributed by atoms with van der Waals surface area (Å²) in [6.45, 7) is 0. The number of anilines is 1. The Morgan fingerprint density at radius 1 is 1.17 bits per heavy atom. The lowest BCUT2D eigenvalue weighted by atomic mass is 10.1. The number of hydrogen-bond donors (Lipinski definition) is 2. The summed E-state index contributed by atoms with van der Waals surface area (Å²) in [5, 5.41) is 18.3. The van der Waals surface area contributed by atoms with Crippen molar-refractivity contribution >= 4 is 40.9 Å². The van der Waals surface area contributed by atoms with Gasteiger partial charge in [0.05, 0.1) is 22.7 Å². The van der Waals surface area contributed by atoms with E-state index in [-0.39, 0.29) is 23.6 Å². The molecule has 29 heavy (non-hydrogen) atoms. The number of hydrogen-bond acceptors (Lipinski definition) is 6. The predicted molar refractivity (Wildman–Crippen MR) is 110 cm³/mol. The summed E-state index contributed by atoms with van der Waals surface area (Å²) in [4.78, 5) is 24.8. The Morgan fingerprint density at radius 2 is 2.00 bits per heavy atom. The monoisotopic (exact) mass is 428 g/mol. The van der Waals surface area contributed by atoms with E-state index in [9.17, 15) is 9.59 Å². The van der Waals surface area contributed by atoms with Crippen molar-refractivity contribution in [3.05, 3.63) is 59.1 Å². The highest BCUT2D eigenvalue weighted by atomic mass is 35.5. The van der Waals surface area contributed by atoms with E-state index in [2.05, 4.69) is 26.2 Å². The van der Waals surface area contributed by atoms with Crippen LogP contribution in [0.15, 0.2) is 53.7 Å². The van der Waals surface area contributed by atoms with E-state index >= 15 is 0 Å². The van der Waals surface area contributed by atoms with Gasteiger partial charge in [-0.15, -0.1) is 5.10 Å². The first kappa shape index (κ1) is 19.4. The largest absolute Gasteiger partial charge is 0.349 e. The normalized spacial score (nSPS) is 13.1. The van der Waals surface area contributed by atoms with Gasteiger partial charge in [0.1, 0.15) is 0 Å². The molecule has 148 valence electrons. The molecule has 1 saturated carbocycles. The molecule has 0 bridgehead atoms. The summed E-state index contributed by atoms with van der Waals surface area (Å²) < 4.78 is 1.51. The van der Waals surface area contributed by atoms with Gasteiger partial charge in [-0.1, -0.05) is 41.6 Å². The summed E-state index contributed by atoms with van der Waals surface area (Å²) >= 11 is 7.21. The van der Waals surface area contributed by atoms with Crippen LogP contribution in [0.1, 0.15) is 23.2 Å². The SMILES string of the molecule is O=C(CSc1nnnn1-c1cccc(Cl)c1)Nc1ccccc1C(=O)NC1CC1. The fraction of sp³-hybridized carbons (Fsp3) is 0.211. The number of rotatable bonds is 7. The van der Waals surface area contributed by atoms with Gasteiger partial charge in [0.2, 0.25) is 11.1 Å². The van der Waals surface area contributed by atoms with Crippen molar-refractivity contribution in [3.8, 4) is 5.69 Å². The van der Waals surface area contributed by atoms with Crippen LogP contribution < -0.4 is 10.6 Å². The summed E-state index contributed by atoms with van der Waals surface area (Å²) in [5.74, 6) is -0.359. The van der Waals surface area contributed by atoms with Crippen molar-refractivity contribution in [1.29, 1.82) is 0 Å². The molecule has 0 aliphatic heterocycles. The van der Waals surface area contributed by atoms with Gasteiger partial charge < -0.3 is 10.6 Å². The van der Waals surface area contributed by atoms with Crippen LogP contribution >= 0.6 is 23.4 Å². The Balaban J connectivity index is 1.41. The Kier molecular flexibility index (Phi) is 5.77. The Labute approximate surface area is 176 Å². The number of amides is 2. The molecule has 8 nitrogen and oxygen atoms in total. The molecule has 1 aromatic heterocycles. The van der Waals surface area contributed by atoms with Crippen molar-refractivity contribution in [2.24, 2.45) is 0 Å². The van der Waals surface area contributed by atoms with E-state index in [0.29, 0.717) is 27.1 Å². The maximum Gasteiger partial charge on any atom is 0.253 e. The predicted octanol–water partition coefficient (Wildman–Crippen LogP) is 2.94. The van der Waals surface area contributed by atoms with Crippen molar-refractivity contribution < 1.29 is 9.59 Å². The smallest absolute Gasteiger partial charge is 0.253 e. The summed E-state index contributed by atoms with van der Waals surface area (Å²) in [7, 11) is 0. The van der Waals surface area contributed by atoms with Crippen LogP contribution in [0.25, 0.3) is 5.69 Å². The van der Waals surface area contributed by atoms with Crippen LogP contribution in [-0.2, 0) is 4.79 Å². The Hall–Kier alpha value is -2.91. The van der Waals surface area contributed by atoms with E-state index in [0.717, 1.165) is 12.8 Å². The zero-order valence-corrected chi connectivity index (χ0v) is 16.8. The molecule has 1 aliphatic rings. The number of nitrogens with zero attached hydrogens (tertiary/aromatic N) is 4. The molecule has 0 spiro atoms. The van der Waals surface area contributed by atoms with Crippen LogP contribution in [0.4, 0.5) is 5.69 Å². The maximum atomic E-state index is 12.5. The number of halogens is 1. The zero-order valence-electron chi connectivity index (χ0n) is 15.2. The third kappa shape index (κ3) is 4.93. The van der Waals surface area contributed by atoms with Gasteiger partial charge in [-0.25, -0.2) is 0 Å². The second-order valence-corrected chi connectivity index (χ2v) is 7.86. The molecule has 0 radical (unpaired) electrons. The number of para-hydroxylation sites is 1. The molecule has 4 rings (SSSR count). The molecule has 2 N–H and O–H groups in total. The average molecular weight is 429 g/mol. The minimum absolute atomic E-state index is 0.0829. The minimum atomic E-state index is -0.262. The molecule has 10 heteroatoms. The fourth-order valence-corrected chi connectivity index (χ4v) is 3.51. The number of thioether (sulfide) groups is 1. The Bertz CT molecular complexity index is 1050. The van der Waals surface area contributed by atoms with Crippen LogP contribution in [0, 0.1) is 0 Å². The lowest BCUT2D eigenvalue weighted by molar-refractivity contribution is -0.113. The number of benzene rings is 2. The topological polar surface area (TPSA) is 102 Å². The van der Waals surface area contributed by atoms with Gasteiger partial charge in [0.15, 0.2) is 0 Å². The number of carbonyl (C=O) groups is 2. The van der Waals surface area contributed by atoms with Crippen LogP contribution in [0.3, 0.4) is 0 Å². The van der Waals surface area contributed by atoms with Crippen molar-refractivity contribution in [2.45, 2.75) is 24.0 Å². The molecule has 2 aromatic carbocycles. The summed E-state index contributed by atoms with van der Waals surface area (Å²) in [6.07, 6.45) is 2.00. The molecular formula is C19H17ClN6O2S. The minimum Gasteiger partial charge on any atom is -0.349 e. The van der Waals surface area contributed by atoms with Crippen molar-refractivity contribution in [1.82, 2.24) is 25.5 Å².